The second-order valence-electron chi connectivity index (χ2n) is 6.53. The molecule has 0 spiro atoms. The molecule has 7 nitrogen and oxygen atoms in total. The van der Waals surface area contributed by atoms with Crippen molar-refractivity contribution in [2.75, 3.05) is 36.9 Å². The van der Waals surface area contributed by atoms with Gasteiger partial charge in [0.15, 0.2) is 11.6 Å². The Labute approximate surface area is 146 Å². The molecule has 1 aliphatic heterocycles. The standard InChI is InChI=1S/C17H17F2N3O4/c18-11-13(20)10-14(12(19)15(11)21-3-5-26-6-4-21)22(8-1-2-8)7-9(16(10)23)17(24)25/h7-8H,1-6,20H2,(H,24,25). The van der Waals surface area contributed by atoms with Gasteiger partial charge in [0.25, 0.3) is 0 Å². The number of fused-ring (bicyclic) bond motifs is 1. The van der Waals surface area contributed by atoms with Crippen molar-refractivity contribution >= 4 is 28.2 Å². The van der Waals surface area contributed by atoms with Crippen molar-refractivity contribution in [1.29, 1.82) is 0 Å². The molecule has 4 rings (SSSR count). The molecule has 1 aromatic heterocycles. The molecule has 1 saturated carbocycles. The van der Waals surface area contributed by atoms with E-state index in [1.807, 2.05) is 0 Å². The number of halogens is 2. The van der Waals surface area contributed by atoms with E-state index in [9.17, 15) is 19.1 Å². The van der Waals surface area contributed by atoms with Crippen molar-refractivity contribution in [2.45, 2.75) is 18.9 Å². The lowest BCUT2D eigenvalue weighted by atomic mass is 10.1. The Bertz CT molecular complexity index is 979. The molecular formula is C17H17F2N3O4. The maximum atomic E-state index is 15.4. The first-order valence-corrected chi connectivity index (χ1v) is 8.33. The summed E-state index contributed by atoms with van der Waals surface area (Å²) in [6.45, 7) is 1.23. The molecule has 0 radical (unpaired) electrons. The van der Waals surface area contributed by atoms with Gasteiger partial charge in [-0.15, -0.1) is 0 Å². The van der Waals surface area contributed by atoms with Gasteiger partial charge in [-0.05, 0) is 12.8 Å². The van der Waals surface area contributed by atoms with Crippen LogP contribution in [0.4, 0.5) is 20.2 Å². The quantitative estimate of drug-likeness (QED) is 0.804. The SMILES string of the molecule is Nc1c(F)c(N2CCOCC2)c(F)c2c1c(=O)c(C(=O)O)cn2C1CC1. The van der Waals surface area contributed by atoms with Crippen molar-refractivity contribution in [2.24, 2.45) is 0 Å². The molecule has 0 unspecified atom stereocenters. The molecule has 9 heteroatoms. The smallest absolute Gasteiger partial charge is 0.341 e. The lowest BCUT2D eigenvalue weighted by molar-refractivity contribution is 0.0694. The highest BCUT2D eigenvalue weighted by Crippen LogP contribution is 2.41. The van der Waals surface area contributed by atoms with Gasteiger partial charge >= 0.3 is 5.97 Å². The minimum atomic E-state index is -1.45. The molecule has 2 fully saturated rings. The van der Waals surface area contributed by atoms with Crippen LogP contribution in [0, 0.1) is 11.6 Å². The fourth-order valence-electron chi connectivity index (χ4n) is 3.41. The number of aromatic nitrogens is 1. The molecule has 0 bridgehead atoms. The second-order valence-corrected chi connectivity index (χ2v) is 6.53. The largest absolute Gasteiger partial charge is 0.477 e. The number of hydrogen-bond acceptors (Lipinski definition) is 5. The highest BCUT2D eigenvalue weighted by Gasteiger charge is 2.33. The van der Waals surface area contributed by atoms with Crippen molar-refractivity contribution in [3.05, 3.63) is 33.6 Å². The Morgan fingerprint density at radius 2 is 1.88 bits per heavy atom. The summed E-state index contributed by atoms with van der Waals surface area (Å²) in [6, 6.07) is -0.131. The van der Waals surface area contributed by atoms with Gasteiger partial charge in [-0.1, -0.05) is 0 Å². The van der Waals surface area contributed by atoms with Crippen LogP contribution < -0.4 is 16.1 Å². The number of hydrogen-bond donors (Lipinski definition) is 2. The van der Waals surface area contributed by atoms with E-state index in [2.05, 4.69) is 0 Å². The molecular weight excluding hydrogens is 348 g/mol. The summed E-state index contributed by atoms with van der Waals surface area (Å²) < 4.78 is 36.9. The Kier molecular flexibility index (Phi) is 3.83. The molecule has 1 aromatic carbocycles. The number of nitrogen functional groups attached to an aromatic ring is 1. The first-order chi connectivity index (χ1) is 12.4. The van der Waals surface area contributed by atoms with Crippen LogP contribution in [0.5, 0.6) is 0 Å². The van der Waals surface area contributed by atoms with Gasteiger partial charge in [-0.25, -0.2) is 13.6 Å². The summed E-state index contributed by atoms with van der Waals surface area (Å²) in [6.07, 6.45) is 2.58. The minimum absolute atomic E-state index is 0.131. The summed E-state index contributed by atoms with van der Waals surface area (Å²) >= 11 is 0. The van der Waals surface area contributed by atoms with E-state index >= 15 is 4.39 Å². The number of rotatable bonds is 3. The third-order valence-corrected chi connectivity index (χ3v) is 4.86. The molecule has 138 valence electrons. The van der Waals surface area contributed by atoms with Gasteiger partial charge in [0.1, 0.15) is 11.3 Å². The topological polar surface area (TPSA) is 97.8 Å². The van der Waals surface area contributed by atoms with Crippen LogP contribution in [0.3, 0.4) is 0 Å². The van der Waals surface area contributed by atoms with Crippen LogP contribution >= 0.6 is 0 Å². The first-order valence-electron chi connectivity index (χ1n) is 8.33. The second kappa shape index (κ2) is 5.94. The molecule has 0 atom stereocenters. The van der Waals surface area contributed by atoms with Gasteiger partial charge in [0.2, 0.25) is 5.43 Å². The highest BCUT2D eigenvalue weighted by molar-refractivity contribution is 5.99. The number of anilines is 2. The molecule has 2 aliphatic rings. The van der Waals surface area contributed by atoms with Crippen LogP contribution in [0.1, 0.15) is 29.2 Å². The zero-order chi connectivity index (χ0) is 18.6. The van der Waals surface area contributed by atoms with E-state index in [-0.39, 0.29) is 17.2 Å². The fraction of sp³-hybridized carbons (Fsp3) is 0.412. The summed E-state index contributed by atoms with van der Waals surface area (Å²) in [7, 11) is 0. The Balaban J connectivity index is 2.09. The van der Waals surface area contributed by atoms with Crippen molar-refractivity contribution < 1.29 is 23.4 Å². The molecule has 26 heavy (non-hydrogen) atoms. The molecule has 0 amide bonds. The summed E-state index contributed by atoms with van der Waals surface area (Å²) in [4.78, 5) is 25.4. The number of ether oxygens (including phenoxy) is 1. The number of benzene rings is 1. The van der Waals surface area contributed by atoms with Gasteiger partial charge in [0.05, 0.1) is 29.8 Å². The zero-order valence-electron chi connectivity index (χ0n) is 13.8. The zero-order valence-corrected chi connectivity index (χ0v) is 13.8. The number of carbonyl (C=O) groups is 1. The highest BCUT2D eigenvalue weighted by atomic mass is 19.1. The van der Waals surface area contributed by atoms with Crippen LogP contribution in [0.15, 0.2) is 11.0 Å². The maximum Gasteiger partial charge on any atom is 0.341 e. The Hall–Kier alpha value is -2.68. The number of nitrogens with zero attached hydrogens (tertiary/aromatic N) is 2. The Morgan fingerprint density at radius 3 is 2.46 bits per heavy atom. The van der Waals surface area contributed by atoms with E-state index in [1.54, 1.807) is 0 Å². The van der Waals surface area contributed by atoms with Crippen LogP contribution in [-0.2, 0) is 4.74 Å². The Morgan fingerprint density at radius 1 is 1.23 bits per heavy atom. The molecule has 1 aliphatic carbocycles. The normalized spacial score (nSPS) is 17.7. The predicted molar refractivity (Wildman–Crippen MR) is 90.8 cm³/mol. The number of aromatic carboxylic acids is 1. The number of carboxylic acid groups (broad SMARTS) is 1. The lowest BCUT2D eigenvalue weighted by Crippen LogP contribution is -2.38. The van der Waals surface area contributed by atoms with E-state index in [0.717, 1.165) is 19.0 Å². The predicted octanol–water partition coefficient (Wildman–Crippen LogP) is 1.73. The van der Waals surface area contributed by atoms with Crippen molar-refractivity contribution in [1.82, 2.24) is 4.57 Å². The molecule has 1 saturated heterocycles. The first kappa shape index (κ1) is 16.8. The van der Waals surface area contributed by atoms with Crippen molar-refractivity contribution in [3.63, 3.8) is 0 Å². The van der Waals surface area contributed by atoms with E-state index in [1.165, 1.54) is 9.47 Å². The maximum absolute atomic E-state index is 15.4. The average Bonchev–Trinajstić information content (AvgIpc) is 3.45. The summed E-state index contributed by atoms with van der Waals surface area (Å²) in [5.41, 5.74) is 3.37. The monoisotopic (exact) mass is 365 g/mol. The van der Waals surface area contributed by atoms with Crippen molar-refractivity contribution in [3.8, 4) is 0 Å². The molecule has 3 N–H and O–H groups in total. The van der Waals surface area contributed by atoms with Gasteiger partial charge in [-0.2, -0.15) is 0 Å². The fourth-order valence-corrected chi connectivity index (χ4v) is 3.41. The van der Waals surface area contributed by atoms with E-state index in [4.69, 9.17) is 10.5 Å². The number of carboxylic acids is 1. The summed E-state index contributed by atoms with van der Waals surface area (Å²) in [5, 5.41) is 8.86. The average molecular weight is 365 g/mol. The molecule has 2 heterocycles. The van der Waals surface area contributed by atoms with Gasteiger partial charge in [-0.3, -0.25) is 4.79 Å². The van der Waals surface area contributed by atoms with Crippen LogP contribution in [0.25, 0.3) is 10.9 Å². The van der Waals surface area contributed by atoms with Crippen LogP contribution in [0.2, 0.25) is 0 Å². The van der Waals surface area contributed by atoms with E-state index < -0.39 is 39.7 Å². The van der Waals surface area contributed by atoms with Gasteiger partial charge < -0.3 is 25.0 Å². The molecule has 2 aromatic rings. The number of morpholine rings is 1. The third kappa shape index (κ3) is 2.42. The number of pyridine rings is 1. The number of nitrogens with two attached hydrogens (primary N) is 1. The van der Waals surface area contributed by atoms with Gasteiger partial charge in [0, 0.05) is 25.3 Å². The lowest BCUT2D eigenvalue weighted by Gasteiger charge is -2.30. The third-order valence-electron chi connectivity index (χ3n) is 4.86. The minimum Gasteiger partial charge on any atom is -0.477 e. The van der Waals surface area contributed by atoms with Crippen LogP contribution in [-0.4, -0.2) is 41.9 Å². The van der Waals surface area contributed by atoms with E-state index in [0.29, 0.717) is 26.3 Å². The summed E-state index contributed by atoms with van der Waals surface area (Å²) in [5.74, 6) is -3.39.